The minimum Gasteiger partial charge on any atom is -0.497 e. The fraction of sp³-hybridized carbons (Fsp3) is 0.176. The third kappa shape index (κ3) is 4.46. The molecule has 2 rings (SSSR count). The van der Waals surface area contributed by atoms with Gasteiger partial charge in [0.15, 0.2) is 0 Å². The Balaban J connectivity index is 1.95. The maximum atomic E-state index is 12.0. The lowest BCUT2D eigenvalue weighted by Crippen LogP contribution is -2.29. The van der Waals surface area contributed by atoms with E-state index >= 15 is 0 Å². The van der Waals surface area contributed by atoms with Gasteiger partial charge in [0, 0.05) is 12.6 Å². The molecule has 6 nitrogen and oxygen atoms in total. The van der Waals surface area contributed by atoms with Gasteiger partial charge in [0.2, 0.25) is 0 Å². The molecular formula is C17H16N2O4. The highest BCUT2D eigenvalue weighted by molar-refractivity contribution is 6.01. The average molecular weight is 312 g/mol. The number of hydrogen-bond donors (Lipinski definition) is 2. The number of amides is 1. The van der Waals surface area contributed by atoms with E-state index in [2.05, 4.69) is 5.32 Å². The Morgan fingerprint density at radius 3 is 2.74 bits per heavy atom. The van der Waals surface area contributed by atoms with E-state index in [1.807, 2.05) is 6.07 Å². The fourth-order valence-electron chi connectivity index (χ4n) is 1.89. The van der Waals surface area contributed by atoms with E-state index in [1.54, 1.807) is 43.5 Å². The van der Waals surface area contributed by atoms with Crippen LogP contribution < -0.4 is 10.1 Å². The summed E-state index contributed by atoms with van der Waals surface area (Å²) in [7, 11) is 1.56. The molecule has 0 aliphatic heterocycles. The Hall–Kier alpha value is -3.04. The highest BCUT2D eigenvalue weighted by Gasteiger charge is 2.13. The summed E-state index contributed by atoms with van der Waals surface area (Å²) in [6.07, 6.45) is 1.91. The number of methoxy groups -OCH3 is 1. The Labute approximate surface area is 133 Å². The van der Waals surface area contributed by atoms with Gasteiger partial charge in [-0.05, 0) is 29.8 Å². The van der Waals surface area contributed by atoms with Crippen molar-refractivity contribution in [1.82, 2.24) is 5.32 Å². The van der Waals surface area contributed by atoms with Crippen LogP contribution in [-0.4, -0.2) is 24.7 Å². The maximum absolute atomic E-state index is 12.0. The molecule has 0 aliphatic carbocycles. The lowest BCUT2D eigenvalue weighted by Gasteiger charge is -2.12. The lowest BCUT2D eigenvalue weighted by molar-refractivity contribution is -0.117. The lowest BCUT2D eigenvalue weighted by atomic mass is 10.1. The van der Waals surface area contributed by atoms with Gasteiger partial charge in [0.05, 0.1) is 19.5 Å². The topological polar surface area (TPSA) is 95.5 Å². The fourth-order valence-corrected chi connectivity index (χ4v) is 1.89. The molecule has 1 heterocycles. The third-order valence-corrected chi connectivity index (χ3v) is 3.15. The summed E-state index contributed by atoms with van der Waals surface area (Å²) in [6.45, 7) is -0.0116. The van der Waals surface area contributed by atoms with Gasteiger partial charge in [-0.25, -0.2) is 0 Å². The van der Waals surface area contributed by atoms with Crippen LogP contribution in [0.4, 0.5) is 0 Å². The van der Waals surface area contributed by atoms with E-state index in [-0.39, 0.29) is 12.1 Å². The Morgan fingerprint density at radius 1 is 1.43 bits per heavy atom. The SMILES string of the molecule is COc1ccc(C(O)CNC(=O)/C(C#N)=C/c2ccco2)cc1. The third-order valence-electron chi connectivity index (χ3n) is 3.15. The van der Waals surface area contributed by atoms with Crippen molar-refractivity contribution in [2.75, 3.05) is 13.7 Å². The summed E-state index contributed by atoms with van der Waals surface area (Å²) in [5.41, 5.74) is 0.543. The van der Waals surface area contributed by atoms with E-state index in [4.69, 9.17) is 14.4 Å². The van der Waals surface area contributed by atoms with Crippen molar-refractivity contribution < 1.29 is 19.1 Å². The molecule has 1 aromatic heterocycles. The number of ether oxygens (including phenoxy) is 1. The molecule has 0 bridgehead atoms. The number of hydrogen-bond acceptors (Lipinski definition) is 5. The molecule has 118 valence electrons. The molecule has 1 amide bonds. The van der Waals surface area contributed by atoms with Crippen LogP contribution in [0.5, 0.6) is 5.75 Å². The minimum absolute atomic E-state index is 0.0116. The van der Waals surface area contributed by atoms with Crippen molar-refractivity contribution in [3.63, 3.8) is 0 Å². The number of nitrogens with zero attached hydrogens (tertiary/aromatic N) is 1. The van der Waals surface area contributed by atoms with Crippen LogP contribution >= 0.6 is 0 Å². The smallest absolute Gasteiger partial charge is 0.262 e. The second-order valence-corrected chi connectivity index (χ2v) is 4.68. The minimum atomic E-state index is -0.881. The molecule has 0 radical (unpaired) electrons. The molecule has 0 spiro atoms. The van der Waals surface area contributed by atoms with Crippen LogP contribution in [0.1, 0.15) is 17.4 Å². The standard InChI is InChI=1S/C17H16N2O4/c1-22-14-6-4-12(5-7-14)16(20)11-19-17(21)13(10-18)9-15-3-2-8-23-15/h2-9,16,20H,11H2,1H3,(H,19,21)/b13-9+. The van der Waals surface area contributed by atoms with E-state index in [9.17, 15) is 9.90 Å². The monoisotopic (exact) mass is 312 g/mol. The van der Waals surface area contributed by atoms with Gasteiger partial charge in [-0.15, -0.1) is 0 Å². The van der Waals surface area contributed by atoms with Crippen molar-refractivity contribution in [3.05, 3.63) is 59.6 Å². The number of nitrogens with one attached hydrogen (secondary N) is 1. The number of rotatable bonds is 6. The number of aliphatic hydroxyl groups is 1. The summed E-state index contributed by atoms with van der Waals surface area (Å²) < 4.78 is 10.1. The van der Waals surface area contributed by atoms with Gasteiger partial charge in [-0.2, -0.15) is 5.26 Å². The molecule has 0 fully saturated rings. The molecule has 2 aromatic rings. The van der Waals surface area contributed by atoms with Crippen LogP contribution in [0.15, 0.2) is 52.7 Å². The van der Waals surface area contributed by atoms with Crippen molar-refractivity contribution >= 4 is 12.0 Å². The Kier molecular flexibility index (Phi) is 5.56. The van der Waals surface area contributed by atoms with Gasteiger partial charge in [-0.3, -0.25) is 4.79 Å². The van der Waals surface area contributed by atoms with Gasteiger partial charge < -0.3 is 19.6 Å². The van der Waals surface area contributed by atoms with Crippen molar-refractivity contribution in [2.45, 2.75) is 6.10 Å². The summed E-state index contributed by atoms with van der Waals surface area (Å²) in [5, 5.41) is 21.6. The van der Waals surface area contributed by atoms with Gasteiger partial charge in [-0.1, -0.05) is 12.1 Å². The van der Waals surface area contributed by atoms with E-state index < -0.39 is 12.0 Å². The predicted molar refractivity (Wildman–Crippen MR) is 83.3 cm³/mol. The number of aliphatic hydroxyl groups excluding tert-OH is 1. The van der Waals surface area contributed by atoms with E-state index in [1.165, 1.54) is 12.3 Å². The van der Waals surface area contributed by atoms with Crippen LogP contribution in [0, 0.1) is 11.3 Å². The number of nitriles is 1. The largest absolute Gasteiger partial charge is 0.497 e. The zero-order valence-corrected chi connectivity index (χ0v) is 12.5. The first-order valence-electron chi connectivity index (χ1n) is 6.89. The molecular weight excluding hydrogens is 296 g/mol. The highest BCUT2D eigenvalue weighted by atomic mass is 16.5. The molecule has 23 heavy (non-hydrogen) atoms. The second kappa shape index (κ2) is 7.82. The van der Waals surface area contributed by atoms with Crippen molar-refractivity contribution in [3.8, 4) is 11.8 Å². The predicted octanol–water partition coefficient (Wildman–Crippen LogP) is 2.04. The van der Waals surface area contributed by atoms with Gasteiger partial charge in [0.25, 0.3) is 5.91 Å². The van der Waals surface area contributed by atoms with Crippen LogP contribution in [-0.2, 0) is 4.79 Å². The zero-order chi connectivity index (χ0) is 16.7. The van der Waals surface area contributed by atoms with E-state index in [0.29, 0.717) is 17.1 Å². The number of benzene rings is 1. The van der Waals surface area contributed by atoms with Crippen LogP contribution in [0.2, 0.25) is 0 Å². The zero-order valence-electron chi connectivity index (χ0n) is 12.5. The second-order valence-electron chi connectivity index (χ2n) is 4.68. The van der Waals surface area contributed by atoms with E-state index in [0.717, 1.165) is 0 Å². The molecule has 0 saturated carbocycles. The summed E-state index contributed by atoms with van der Waals surface area (Å²) >= 11 is 0. The van der Waals surface area contributed by atoms with Crippen LogP contribution in [0.3, 0.4) is 0 Å². The molecule has 1 aromatic carbocycles. The Bertz CT molecular complexity index is 712. The maximum Gasteiger partial charge on any atom is 0.262 e. The normalized spacial score (nSPS) is 12.3. The summed E-state index contributed by atoms with van der Waals surface area (Å²) in [5.74, 6) is 0.516. The van der Waals surface area contributed by atoms with Gasteiger partial charge >= 0.3 is 0 Å². The molecule has 1 atom stereocenters. The van der Waals surface area contributed by atoms with Crippen molar-refractivity contribution in [2.24, 2.45) is 0 Å². The molecule has 6 heteroatoms. The molecule has 0 saturated heterocycles. The Morgan fingerprint density at radius 2 is 2.17 bits per heavy atom. The first kappa shape index (κ1) is 16.3. The number of furan rings is 1. The van der Waals surface area contributed by atoms with Crippen LogP contribution in [0.25, 0.3) is 6.08 Å². The van der Waals surface area contributed by atoms with Crippen molar-refractivity contribution in [1.29, 1.82) is 5.26 Å². The molecule has 0 aliphatic rings. The number of carbonyl (C=O) groups excluding carboxylic acids is 1. The average Bonchev–Trinajstić information content (AvgIpc) is 3.10. The first-order chi connectivity index (χ1) is 11.1. The summed E-state index contributed by atoms with van der Waals surface area (Å²) in [4.78, 5) is 12.0. The first-order valence-corrected chi connectivity index (χ1v) is 6.89. The quantitative estimate of drug-likeness (QED) is 0.628. The van der Waals surface area contributed by atoms with Gasteiger partial charge in [0.1, 0.15) is 23.2 Å². The highest BCUT2D eigenvalue weighted by Crippen LogP contribution is 2.17. The number of carbonyl (C=O) groups is 1. The summed E-state index contributed by atoms with van der Waals surface area (Å²) in [6, 6.07) is 12.0. The molecule has 2 N–H and O–H groups in total. The molecule has 1 unspecified atom stereocenters.